The maximum atomic E-state index is 12.0. The number of nitrogens with zero attached hydrogens (tertiary/aromatic N) is 4. The zero-order valence-corrected chi connectivity index (χ0v) is 5.79. The topological polar surface area (TPSA) is 43.6 Å². The summed E-state index contributed by atoms with van der Waals surface area (Å²) in [6.07, 6.45) is 2.74. The molecule has 1 aromatic rings. The van der Waals surface area contributed by atoms with Crippen LogP contribution in [0.15, 0.2) is 0 Å². The molecule has 1 aromatic heterocycles. The van der Waals surface area contributed by atoms with E-state index in [0.717, 1.165) is 12.8 Å². The van der Waals surface area contributed by atoms with E-state index in [4.69, 9.17) is 0 Å². The quantitative estimate of drug-likeness (QED) is 0.628. The van der Waals surface area contributed by atoms with Crippen molar-refractivity contribution in [2.75, 3.05) is 0 Å². The van der Waals surface area contributed by atoms with Crippen LogP contribution in [0.4, 0.5) is 4.48 Å². The van der Waals surface area contributed by atoms with Crippen LogP contribution in [0.5, 0.6) is 0 Å². The molecule has 0 aliphatic carbocycles. The third kappa shape index (κ3) is 1.75. The second-order valence-electron chi connectivity index (χ2n) is 2.05. The van der Waals surface area contributed by atoms with Crippen molar-refractivity contribution in [2.24, 2.45) is 0 Å². The summed E-state index contributed by atoms with van der Waals surface area (Å²) in [5.41, 5.74) is 0. The number of hydrogen-bond donors (Lipinski definition) is 0. The number of aryl methyl sites for hydroxylation is 1. The average Bonchev–Trinajstić information content (AvgIpc) is 2.31. The number of tetrazole rings is 1. The molecule has 0 bridgehead atoms. The Bertz CT molecular complexity index is 197. The maximum Gasteiger partial charge on any atom is 0.177 e. The molecule has 0 saturated heterocycles. The molecule has 0 aliphatic rings. The molecule has 10 heavy (non-hydrogen) atoms. The number of hydrogen-bond acceptors (Lipinski definition) is 3. The summed E-state index contributed by atoms with van der Waals surface area (Å²) in [4.78, 5) is 0. The lowest BCUT2D eigenvalue weighted by Crippen LogP contribution is -1.89. The van der Waals surface area contributed by atoms with Crippen LogP contribution in [0.2, 0.25) is 0 Å². The summed E-state index contributed by atoms with van der Waals surface area (Å²) >= 11 is 0. The number of unbranched alkanes of at least 4 members (excludes halogenated alkanes) is 1. The van der Waals surface area contributed by atoms with Crippen LogP contribution >= 0.6 is 0 Å². The van der Waals surface area contributed by atoms with Gasteiger partial charge in [-0.15, -0.1) is 10.2 Å². The molecule has 0 unspecified atom stereocenters. The van der Waals surface area contributed by atoms with E-state index in [1.165, 1.54) is 0 Å². The molecule has 5 heteroatoms. The van der Waals surface area contributed by atoms with Crippen LogP contribution in [-0.2, 0) is 6.42 Å². The van der Waals surface area contributed by atoms with Gasteiger partial charge in [-0.3, -0.25) is 0 Å². The minimum Gasteiger partial charge on any atom is -0.111 e. The Morgan fingerprint density at radius 1 is 1.60 bits per heavy atom. The van der Waals surface area contributed by atoms with Crippen molar-refractivity contribution in [1.29, 1.82) is 0 Å². The first kappa shape index (κ1) is 7.11. The molecule has 0 spiro atoms. The minimum atomic E-state index is -0.00894. The van der Waals surface area contributed by atoms with E-state index in [2.05, 4.69) is 22.3 Å². The van der Waals surface area contributed by atoms with Crippen LogP contribution in [0.25, 0.3) is 0 Å². The van der Waals surface area contributed by atoms with E-state index < -0.39 is 0 Å². The van der Waals surface area contributed by atoms with E-state index in [-0.39, 0.29) is 5.02 Å². The SMILES string of the molecule is CCCCc1nnn(F)n1. The fraction of sp³-hybridized carbons (Fsp3) is 0.800. The Morgan fingerprint density at radius 3 is 2.90 bits per heavy atom. The van der Waals surface area contributed by atoms with Crippen molar-refractivity contribution in [1.82, 2.24) is 20.4 Å². The predicted octanol–water partition coefficient (Wildman–Crippen LogP) is 0.748. The summed E-state index contributed by atoms with van der Waals surface area (Å²) in [5, 5.41) is 9.91. The molecule has 1 rings (SSSR count). The van der Waals surface area contributed by atoms with Gasteiger partial charge in [0.25, 0.3) is 0 Å². The van der Waals surface area contributed by atoms with Crippen molar-refractivity contribution in [2.45, 2.75) is 26.2 Å². The van der Waals surface area contributed by atoms with E-state index in [9.17, 15) is 4.48 Å². The normalized spacial score (nSPS) is 10.2. The van der Waals surface area contributed by atoms with Gasteiger partial charge in [0.2, 0.25) is 0 Å². The Balaban J connectivity index is 2.42. The molecule has 4 nitrogen and oxygen atoms in total. The lowest BCUT2D eigenvalue weighted by atomic mass is 10.2. The molecule has 56 valence electrons. The molecule has 0 atom stereocenters. The van der Waals surface area contributed by atoms with Gasteiger partial charge in [0.15, 0.2) is 5.82 Å². The summed E-state index contributed by atoms with van der Waals surface area (Å²) in [5.74, 6) is 0.476. The lowest BCUT2D eigenvalue weighted by molar-refractivity contribution is 0.256. The first-order chi connectivity index (χ1) is 4.83. The Labute approximate surface area is 58.0 Å². The van der Waals surface area contributed by atoms with Crippen molar-refractivity contribution in [3.63, 3.8) is 0 Å². The van der Waals surface area contributed by atoms with E-state index in [0.29, 0.717) is 12.2 Å². The molecule has 0 aliphatic heterocycles. The Hall–Kier alpha value is -1.00. The summed E-state index contributed by atoms with van der Waals surface area (Å²) < 4.78 is 12.0. The molecule has 1 heterocycles. The van der Waals surface area contributed by atoms with Gasteiger partial charge in [0, 0.05) is 11.4 Å². The highest BCUT2D eigenvalue weighted by Gasteiger charge is 1.99. The zero-order valence-electron chi connectivity index (χ0n) is 5.79. The van der Waals surface area contributed by atoms with E-state index >= 15 is 0 Å². The summed E-state index contributed by atoms with van der Waals surface area (Å²) in [6.45, 7) is 2.06. The first-order valence-electron chi connectivity index (χ1n) is 3.28. The van der Waals surface area contributed by atoms with Gasteiger partial charge < -0.3 is 0 Å². The fourth-order valence-electron chi connectivity index (χ4n) is 0.659. The summed E-state index contributed by atoms with van der Waals surface area (Å²) in [6, 6.07) is 0. The van der Waals surface area contributed by atoms with E-state index in [1.807, 2.05) is 0 Å². The van der Waals surface area contributed by atoms with Crippen LogP contribution in [0, 0.1) is 0 Å². The van der Waals surface area contributed by atoms with Gasteiger partial charge in [0.1, 0.15) is 0 Å². The second-order valence-corrected chi connectivity index (χ2v) is 2.05. The largest absolute Gasteiger partial charge is 0.177 e. The molecule has 0 amide bonds. The van der Waals surface area contributed by atoms with Gasteiger partial charge in [-0.1, -0.05) is 17.8 Å². The monoisotopic (exact) mass is 144 g/mol. The first-order valence-corrected chi connectivity index (χ1v) is 3.28. The van der Waals surface area contributed by atoms with E-state index in [1.54, 1.807) is 0 Å². The fourth-order valence-corrected chi connectivity index (χ4v) is 0.659. The Morgan fingerprint density at radius 2 is 2.40 bits per heavy atom. The van der Waals surface area contributed by atoms with Gasteiger partial charge in [-0.25, -0.2) is 0 Å². The molecule has 0 saturated carbocycles. The molecule has 0 fully saturated rings. The number of rotatable bonds is 3. The second kappa shape index (κ2) is 3.24. The molecule has 0 radical (unpaired) electrons. The third-order valence-corrected chi connectivity index (χ3v) is 1.19. The highest BCUT2D eigenvalue weighted by atomic mass is 19.2. The predicted molar refractivity (Wildman–Crippen MR) is 32.9 cm³/mol. The highest BCUT2D eigenvalue weighted by Crippen LogP contribution is 1.95. The minimum absolute atomic E-state index is 0.00894. The molecule has 0 N–H and O–H groups in total. The van der Waals surface area contributed by atoms with Crippen LogP contribution < -0.4 is 0 Å². The van der Waals surface area contributed by atoms with Crippen molar-refractivity contribution in [3.8, 4) is 0 Å². The van der Waals surface area contributed by atoms with Gasteiger partial charge in [-0.2, -0.15) is 0 Å². The van der Waals surface area contributed by atoms with Crippen molar-refractivity contribution >= 4 is 0 Å². The molecule has 0 aromatic carbocycles. The van der Waals surface area contributed by atoms with Crippen molar-refractivity contribution < 1.29 is 4.48 Å². The van der Waals surface area contributed by atoms with Gasteiger partial charge in [0.05, 0.1) is 0 Å². The Kier molecular flexibility index (Phi) is 2.30. The average molecular weight is 144 g/mol. The third-order valence-electron chi connectivity index (χ3n) is 1.19. The van der Waals surface area contributed by atoms with Crippen LogP contribution in [0.1, 0.15) is 25.6 Å². The van der Waals surface area contributed by atoms with Crippen LogP contribution in [-0.4, -0.2) is 20.4 Å². The van der Waals surface area contributed by atoms with Crippen LogP contribution in [0.3, 0.4) is 0 Å². The molecular formula is C5H9FN4. The van der Waals surface area contributed by atoms with Gasteiger partial charge >= 0.3 is 0 Å². The van der Waals surface area contributed by atoms with Gasteiger partial charge in [-0.05, 0) is 11.6 Å². The molecular weight excluding hydrogens is 135 g/mol. The lowest BCUT2D eigenvalue weighted by Gasteiger charge is -1.86. The standard InChI is InChI=1S/C5H9FN4/c1-2-3-4-5-7-9-10(6)8-5/h2-4H2,1H3. The number of halogens is 1. The maximum absolute atomic E-state index is 12.0. The zero-order chi connectivity index (χ0) is 7.40. The summed E-state index contributed by atoms with van der Waals surface area (Å²) in [7, 11) is 0. The van der Waals surface area contributed by atoms with Crippen molar-refractivity contribution in [3.05, 3.63) is 5.82 Å². The highest BCUT2D eigenvalue weighted by molar-refractivity contribution is 4.74. The number of aromatic nitrogens is 4. The smallest absolute Gasteiger partial charge is 0.111 e.